The summed E-state index contributed by atoms with van der Waals surface area (Å²) in [6.45, 7) is 3.51. The third-order valence-electron chi connectivity index (χ3n) is 3.97. The van der Waals surface area contributed by atoms with Crippen LogP contribution in [0.15, 0.2) is 29.2 Å². The highest BCUT2D eigenvalue weighted by Gasteiger charge is 2.30. The summed E-state index contributed by atoms with van der Waals surface area (Å²) in [5, 5.41) is 2.93. The molecule has 1 unspecified atom stereocenters. The molecule has 21 heavy (non-hydrogen) atoms. The Balaban J connectivity index is 2.05. The van der Waals surface area contributed by atoms with Gasteiger partial charge in [0.15, 0.2) is 0 Å². The van der Waals surface area contributed by atoms with Gasteiger partial charge in [-0.15, -0.1) is 0 Å². The van der Waals surface area contributed by atoms with Crippen LogP contribution >= 0.6 is 11.8 Å². The molecule has 114 valence electrons. The predicted molar refractivity (Wildman–Crippen MR) is 86.2 cm³/mol. The summed E-state index contributed by atoms with van der Waals surface area (Å²) in [7, 11) is 0. The minimum atomic E-state index is -0.353. The van der Waals surface area contributed by atoms with Gasteiger partial charge >= 0.3 is 0 Å². The van der Waals surface area contributed by atoms with Crippen molar-refractivity contribution in [2.75, 3.05) is 0 Å². The number of carbonyl (C=O) groups is 2. The lowest BCUT2D eigenvalue weighted by molar-refractivity contribution is -0.124. The van der Waals surface area contributed by atoms with Crippen molar-refractivity contribution in [1.29, 1.82) is 0 Å². The fourth-order valence-electron chi connectivity index (χ4n) is 2.84. The molecule has 0 bridgehead atoms. The van der Waals surface area contributed by atoms with Crippen molar-refractivity contribution < 1.29 is 9.59 Å². The van der Waals surface area contributed by atoms with E-state index in [-0.39, 0.29) is 23.0 Å². The van der Waals surface area contributed by atoms with Crippen LogP contribution in [0.1, 0.15) is 44.6 Å². The van der Waals surface area contributed by atoms with Crippen LogP contribution in [-0.2, 0) is 9.59 Å². The Hall–Kier alpha value is -1.29. The lowest BCUT2D eigenvalue weighted by atomic mass is 9.84. The minimum absolute atomic E-state index is 0.0564. The Morgan fingerprint density at radius 1 is 1.14 bits per heavy atom. The number of carbonyl (C=O) groups excluding carboxylic acids is 2. The van der Waals surface area contributed by atoms with Crippen LogP contribution in [0.2, 0.25) is 0 Å². The fourth-order valence-corrected chi connectivity index (χ4v) is 3.72. The SMILES string of the molecule is CC(=O)NC(C(=O)Sc1ccc(C)cc1)C1CCCCC1. The zero-order valence-electron chi connectivity index (χ0n) is 12.7. The molecule has 1 atom stereocenters. The minimum Gasteiger partial charge on any atom is -0.345 e. The maximum absolute atomic E-state index is 12.6. The van der Waals surface area contributed by atoms with Gasteiger partial charge in [-0.1, -0.05) is 37.0 Å². The number of hydrogen-bond donors (Lipinski definition) is 1. The molecule has 0 aliphatic heterocycles. The Labute approximate surface area is 130 Å². The van der Waals surface area contributed by atoms with Crippen molar-refractivity contribution in [3.63, 3.8) is 0 Å². The molecule has 1 aromatic carbocycles. The van der Waals surface area contributed by atoms with Gasteiger partial charge < -0.3 is 5.32 Å². The third-order valence-corrected chi connectivity index (χ3v) is 4.94. The van der Waals surface area contributed by atoms with E-state index < -0.39 is 0 Å². The van der Waals surface area contributed by atoms with Gasteiger partial charge in [0.2, 0.25) is 11.0 Å². The van der Waals surface area contributed by atoms with Crippen LogP contribution in [-0.4, -0.2) is 17.1 Å². The largest absolute Gasteiger partial charge is 0.345 e. The van der Waals surface area contributed by atoms with E-state index in [2.05, 4.69) is 5.32 Å². The molecule has 1 aromatic rings. The highest BCUT2D eigenvalue weighted by molar-refractivity contribution is 8.13. The van der Waals surface area contributed by atoms with Crippen molar-refractivity contribution in [3.8, 4) is 0 Å². The molecule has 1 fully saturated rings. The van der Waals surface area contributed by atoms with Crippen molar-refractivity contribution in [2.24, 2.45) is 5.92 Å². The van der Waals surface area contributed by atoms with Gasteiger partial charge in [0.1, 0.15) is 6.04 Å². The molecule has 1 aliphatic rings. The zero-order chi connectivity index (χ0) is 15.2. The molecule has 0 aromatic heterocycles. The zero-order valence-corrected chi connectivity index (χ0v) is 13.5. The standard InChI is InChI=1S/C17H23NO2S/c1-12-8-10-15(11-9-12)21-17(20)16(18-13(2)19)14-6-4-3-5-7-14/h8-11,14,16H,3-7H2,1-2H3,(H,18,19). The van der Waals surface area contributed by atoms with Gasteiger partial charge in [0.05, 0.1) is 0 Å². The number of hydrogen-bond acceptors (Lipinski definition) is 3. The maximum atomic E-state index is 12.6. The molecule has 0 saturated heterocycles. The molecule has 0 radical (unpaired) electrons. The number of rotatable bonds is 4. The maximum Gasteiger partial charge on any atom is 0.217 e. The monoisotopic (exact) mass is 305 g/mol. The third kappa shape index (κ3) is 4.88. The average molecular weight is 305 g/mol. The van der Waals surface area contributed by atoms with Crippen molar-refractivity contribution in [2.45, 2.75) is 56.9 Å². The predicted octanol–water partition coefficient (Wildman–Crippen LogP) is 3.70. The summed E-state index contributed by atoms with van der Waals surface area (Å²) < 4.78 is 0. The van der Waals surface area contributed by atoms with Crippen LogP contribution in [0.25, 0.3) is 0 Å². The first kappa shape index (κ1) is 16.1. The summed E-state index contributed by atoms with van der Waals surface area (Å²) >= 11 is 1.24. The smallest absolute Gasteiger partial charge is 0.217 e. The molecule has 1 saturated carbocycles. The van der Waals surface area contributed by atoms with Crippen molar-refractivity contribution in [1.82, 2.24) is 5.32 Å². The molecule has 1 amide bonds. The number of benzene rings is 1. The normalized spacial score (nSPS) is 17.2. The van der Waals surface area contributed by atoms with Crippen LogP contribution in [0.5, 0.6) is 0 Å². The first-order chi connectivity index (χ1) is 10.1. The average Bonchev–Trinajstić information content (AvgIpc) is 2.48. The second kappa shape index (κ2) is 7.64. The van der Waals surface area contributed by atoms with E-state index in [1.54, 1.807) is 0 Å². The van der Waals surface area contributed by atoms with Crippen LogP contribution < -0.4 is 5.32 Å². The summed E-state index contributed by atoms with van der Waals surface area (Å²) in [6, 6.07) is 7.58. The second-order valence-electron chi connectivity index (χ2n) is 5.81. The summed E-state index contributed by atoms with van der Waals surface area (Å²) in [6.07, 6.45) is 5.62. The van der Waals surface area contributed by atoms with Crippen molar-refractivity contribution >= 4 is 22.8 Å². The van der Waals surface area contributed by atoms with E-state index in [0.29, 0.717) is 0 Å². The van der Waals surface area contributed by atoms with Gasteiger partial charge in [-0.25, -0.2) is 0 Å². The lowest BCUT2D eigenvalue weighted by Crippen LogP contribution is -2.44. The number of aryl methyl sites for hydroxylation is 1. The molecule has 1 aliphatic carbocycles. The highest BCUT2D eigenvalue weighted by atomic mass is 32.2. The van der Waals surface area contributed by atoms with Crippen LogP contribution in [0.3, 0.4) is 0 Å². The molecule has 0 heterocycles. The second-order valence-corrected chi connectivity index (χ2v) is 6.89. The van der Waals surface area contributed by atoms with E-state index in [1.807, 2.05) is 31.2 Å². The summed E-state index contributed by atoms with van der Waals surface area (Å²) in [5.41, 5.74) is 1.18. The Morgan fingerprint density at radius 3 is 2.33 bits per heavy atom. The first-order valence-corrected chi connectivity index (χ1v) is 8.43. The van der Waals surface area contributed by atoms with Gasteiger partial charge in [-0.3, -0.25) is 9.59 Å². The highest BCUT2D eigenvalue weighted by Crippen LogP contribution is 2.30. The molecule has 1 N–H and O–H groups in total. The van der Waals surface area contributed by atoms with Crippen LogP contribution in [0.4, 0.5) is 0 Å². The topological polar surface area (TPSA) is 46.2 Å². The molecule has 4 heteroatoms. The van der Waals surface area contributed by atoms with E-state index in [0.717, 1.165) is 30.6 Å². The Bertz CT molecular complexity index is 492. The summed E-state index contributed by atoms with van der Waals surface area (Å²) in [5.74, 6) is 0.163. The van der Waals surface area contributed by atoms with Gasteiger partial charge in [0.25, 0.3) is 0 Å². The van der Waals surface area contributed by atoms with E-state index in [9.17, 15) is 9.59 Å². The van der Waals surface area contributed by atoms with E-state index >= 15 is 0 Å². The van der Waals surface area contributed by atoms with Crippen LogP contribution in [0, 0.1) is 12.8 Å². The lowest BCUT2D eigenvalue weighted by Gasteiger charge is -2.29. The summed E-state index contributed by atoms with van der Waals surface area (Å²) in [4.78, 5) is 24.9. The number of nitrogens with one attached hydrogen (secondary N) is 1. The van der Waals surface area contributed by atoms with E-state index in [1.165, 1.54) is 30.7 Å². The van der Waals surface area contributed by atoms with Gasteiger partial charge in [0, 0.05) is 11.8 Å². The van der Waals surface area contributed by atoms with Gasteiger partial charge in [-0.05, 0) is 49.6 Å². The molecule has 2 rings (SSSR count). The fraction of sp³-hybridized carbons (Fsp3) is 0.529. The number of amides is 1. The Kier molecular flexibility index (Phi) is 5.85. The molecule has 3 nitrogen and oxygen atoms in total. The molecule has 0 spiro atoms. The quantitative estimate of drug-likeness (QED) is 0.863. The van der Waals surface area contributed by atoms with E-state index in [4.69, 9.17) is 0 Å². The van der Waals surface area contributed by atoms with Gasteiger partial charge in [-0.2, -0.15) is 0 Å². The first-order valence-electron chi connectivity index (χ1n) is 7.62. The molecular formula is C17H23NO2S. The molecular weight excluding hydrogens is 282 g/mol. The Morgan fingerprint density at radius 2 is 1.76 bits per heavy atom. The number of thioether (sulfide) groups is 1. The van der Waals surface area contributed by atoms with Crippen molar-refractivity contribution in [3.05, 3.63) is 29.8 Å².